The van der Waals surface area contributed by atoms with Gasteiger partial charge in [-0.3, -0.25) is 0 Å². The average molecular weight is 404 g/mol. The summed E-state index contributed by atoms with van der Waals surface area (Å²) in [5, 5.41) is 26.9. The van der Waals surface area contributed by atoms with Crippen LogP contribution in [-0.4, -0.2) is 10.3 Å². The molecule has 3 aromatic rings. The number of aromatic hydroxyl groups is 1. The largest absolute Gasteiger partial charge is 0.507 e. The molecule has 0 radical (unpaired) electrons. The second-order valence-electron chi connectivity index (χ2n) is 6.09. The number of rotatable bonds is 3. The van der Waals surface area contributed by atoms with Crippen molar-refractivity contribution in [2.45, 2.75) is 6.92 Å². The summed E-state index contributed by atoms with van der Waals surface area (Å²) in [6.07, 6.45) is 0. The van der Waals surface area contributed by atoms with Crippen LogP contribution in [0.5, 0.6) is 5.75 Å². The molecule has 0 fully saturated rings. The first kappa shape index (κ1) is 18.7. The molecule has 4 rings (SSSR count). The first-order valence-corrected chi connectivity index (χ1v) is 9.61. The van der Waals surface area contributed by atoms with Gasteiger partial charge in [-0.2, -0.15) is 0 Å². The molecule has 2 heterocycles. The van der Waals surface area contributed by atoms with Gasteiger partial charge in [-0.1, -0.05) is 48.2 Å². The van der Waals surface area contributed by atoms with E-state index in [-0.39, 0.29) is 11.3 Å². The number of nitrogens with zero attached hydrogens (tertiary/aromatic N) is 4. The van der Waals surface area contributed by atoms with Gasteiger partial charge in [0.1, 0.15) is 17.1 Å². The van der Waals surface area contributed by atoms with Gasteiger partial charge >= 0.3 is 5.63 Å². The predicted octanol–water partition coefficient (Wildman–Crippen LogP) is 5.26. The highest BCUT2D eigenvalue weighted by atomic mass is 32.2. The molecule has 0 saturated carbocycles. The molecule has 1 aliphatic heterocycles. The first-order chi connectivity index (χ1) is 14.1. The molecule has 1 aliphatic rings. The fraction of sp³-hybridized carbons (Fsp3) is 0.0476. The SMILES string of the molecule is Cc1cc(O)c(C2=CSC(N=Nc3ccccc3)=NN2c2ccccc2)c(=O)o1. The number of hydrogen-bond donors (Lipinski definition) is 1. The molecule has 1 N–H and O–H groups in total. The van der Waals surface area contributed by atoms with E-state index in [4.69, 9.17) is 4.42 Å². The minimum atomic E-state index is -0.639. The van der Waals surface area contributed by atoms with Gasteiger partial charge in [0.05, 0.1) is 17.1 Å². The molecule has 7 nitrogen and oxygen atoms in total. The van der Waals surface area contributed by atoms with Gasteiger partial charge in [-0.15, -0.1) is 15.3 Å². The maximum atomic E-state index is 12.4. The molecule has 0 spiro atoms. The monoisotopic (exact) mass is 404 g/mol. The van der Waals surface area contributed by atoms with Crippen LogP contribution in [-0.2, 0) is 0 Å². The summed E-state index contributed by atoms with van der Waals surface area (Å²) in [7, 11) is 0. The lowest BCUT2D eigenvalue weighted by atomic mass is 10.1. The van der Waals surface area contributed by atoms with Crippen LogP contribution in [0.1, 0.15) is 11.3 Å². The minimum Gasteiger partial charge on any atom is -0.507 e. The Kier molecular flexibility index (Phi) is 5.26. The Morgan fingerprint density at radius 3 is 2.41 bits per heavy atom. The number of thioether (sulfide) groups is 1. The van der Waals surface area contributed by atoms with Crippen LogP contribution in [0.25, 0.3) is 5.70 Å². The summed E-state index contributed by atoms with van der Waals surface area (Å²) in [5.41, 5.74) is 1.19. The summed E-state index contributed by atoms with van der Waals surface area (Å²) in [4.78, 5) is 12.4. The molecular formula is C21H16N4O3S. The second-order valence-corrected chi connectivity index (χ2v) is 6.93. The van der Waals surface area contributed by atoms with E-state index < -0.39 is 5.63 Å². The quantitative estimate of drug-likeness (QED) is 0.601. The molecule has 0 aliphatic carbocycles. The number of amidine groups is 1. The van der Waals surface area contributed by atoms with Gasteiger partial charge in [0, 0.05) is 11.5 Å². The Bertz CT molecular complexity index is 1170. The number of aryl methyl sites for hydroxylation is 1. The van der Waals surface area contributed by atoms with E-state index in [9.17, 15) is 9.90 Å². The summed E-state index contributed by atoms with van der Waals surface area (Å²) in [5.74, 6) is 0.156. The molecule has 29 heavy (non-hydrogen) atoms. The fourth-order valence-electron chi connectivity index (χ4n) is 2.72. The van der Waals surface area contributed by atoms with Crippen molar-refractivity contribution in [1.29, 1.82) is 0 Å². The summed E-state index contributed by atoms with van der Waals surface area (Å²) >= 11 is 1.20. The maximum Gasteiger partial charge on any atom is 0.349 e. The van der Waals surface area contributed by atoms with Gasteiger partial charge in [0.25, 0.3) is 0 Å². The highest BCUT2D eigenvalue weighted by molar-refractivity contribution is 8.16. The van der Waals surface area contributed by atoms with Gasteiger partial charge < -0.3 is 9.52 Å². The van der Waals surface area contributed by atoms with Crippen LogP contribution >= 0.6 is 11.8 Å². The van der Waals surface area contributed by atoms with E-state index in [1.165, 1.54) is 22.8 Å². The number of hydrazone groups is 1. The number of azo groups is 1. The minimum absolute atomic E-state index is 0.0368. The zero-order chi connectivity index (χ0) is 20.2. The third-order valence-electron chi connectivity index (χ3n) is 4.01. The summed E-state index contributed by atoms with van der Waals surface area (Å²) in [6, 6.07) is 20.0. The molecule has 8 heteroatoms. The third-order valence-corrected chi connectivity index (χ3v) is 4.72. The molecule has 144 valence electrons. The molecule has 2 aromatic carbocycles. The normalized spacial score (nSPS) is 14.0. The summed E-state index contributed by atoms with van der Waals surface area (Å²) < 4.78 is 5.18. The van der Waals surface area contributed by atoms with Gasteiger partial charge in [0.15, 0.2) is 0 Å². The molecular weight excluding hydrogens is 388 g/mol. The first-order valence-electron chi connectivity index (χ1n) is 8.73. The van der Waals surface area contributed by atoms with Crippen molar-refractivity contribution in [3.63, 3.8) is 0 Å². The Morgan fingerprint density at radius 2 is 1.72 bits per heavy atom. The van der Waals surface area contributed by atoms with Crippen LogP contribution < -0.4 is 10.6 Å². The van der Waals surface area contributed by atoms with Crippen molar-refractivity contribution in [1.82, 2.24) is 0 Å². The molecule has 0 bridgehead atoms. The zero-order valence-corrected chi connectivity index (χ0v) is 16.2. The van der Waals surface area contributed by atoms with Crippen molar-refractivity contribution in [2.75, 3.05) is 5.01 Å². The second kappa shape index (κ2) is 8.15. The average Bonchev–Trinajstić information content (AvgIpc) is 2.73. The van der Waals surface area contributed by atoms with Crippen LogP contribution in [0.3, 0.4) is 0 Å². The lowest BCUT2D eigenvalue weighted by molar-refractivity contribution is 0.431. The van der Waals surface area contributed by atoms with E-state index in [1.807, 2.05) is 60.7 Å². The van der Waals surface area contributed by atoms with Crippen molar-refractivity contribution in [2.24, 2.45) is 15.3 Å². The Hall–Kier alpha value is -3.65. The number of hydrogen-bond acceptors (Lipinski definition) is 8. The van der Waals surface area contributed by atoms with Gasteiger partial charge in [-0.25, -0.2) is 9.80 Å². The van der Waals surface area contributed by atoms with Crippen molar-refractivity contribution >= 4 is 34.0 Å². The molecule has 0 unspecified atom stereocenters. The van der Waals surface area contributed by atoms with Gasteiger partial charge in [-0.05, 0) is 31.2 Å². The lowest BCUT2D eigenvalue weighted by Crippen LogP contribution is -2.23. The Balaban J connectivity index is 1.75. The van der Waals surface area contributed by atoms with E-state index in [0.717, 1.165) is 0 Å². The van der Waals surface area contributed by atoms with Crippen molar-refractivity contribution in [3.8, 4) is 5.75 Å². The maximum absolute atomic E-state index is 12.4. The standard InChI is InChI=1S/C21H16N4O3S/c1-14-12-18(26)19(20(27)28-14)17-13-29-21(23-22-15-8-4-2-5-9-15)24-25(17)16-10-6-3-7-11-16/h2-13,26H,1H3. The summed E-state index contributed by atoms with van der Waals surface area (Å²) in [6.45, 7) is 1.60. The van der Waals surface area contributed by atoms with Crippen LogP contribution in [0.2, 0.25) is 0 Å². The topological polar surface area (TPSA) is 90.8 Å². The van der Waals surface area contributed by atoms with Crippen LogP contribution in [0.4, 0.5) is 11.4 Å². The molecule has 0 amide bonds. The van der Waals surface area contributed by atoms with E-state index in [2.05, 4.69) is 15.3 Å². The van der Waals surface area contributed by atoms with Crippen molar-refractivity contribution in [3.05, 3.63) is 93.9 Å². The molecule has 0 atom stereocenters. The third kappa shape index (κ3) is 4.12. The Morgan fingerprint density at radius 1 is 1.03 bits per heavy atom. The van der Waals surface area contributed by atoms with Gasteiger partial charge in [0.2, 0.25) is 5.17 Å². The highest BCUT2D eigenvalue weighted by Crippen LogP contribution is 2.35. The number of para-hydroxylation sites is 1. The lowest BCUT2D eigenvalue weighted by Gasteiger charge is -2.25. The van der Waals surface area contributed by atoms with Crippen LogP contribution in [0.15, 0.2) is 96.7 Å². The molecule has 0 saturated heterocycles. The predicted molar refractivity (Wildman–Crippen MR) is 114 cm³/mol. The Labute approximate surface area is 170 Å². The van der Waals surface area contributed by atoms with E-state index in [1.54, 1.807) is 12.3 Å². The fourth-order valence-corrected chi connectivity index (χ4v) is 3.37. The van der Waals surface area contributed by atoms with E-state index >= 15 is 0 Å². The zero-order valence-electron chi connectivity index (χ0n) is 15.4. The van der Waals surface area contributed by atoms with Crippen molar-refractivity contribution < 1.29 is 9.52 Å². The number of benzene rings is 2. The smallest absolute Gasteiger partial charge is 0.349 e. The van der Waals surface area contributed by atoms with Crippen LogP contribution in [0, 0.1) is 6.92 Å². The number of anilines is 1. The van der Waals surface area contributed by atoms with E-state index in [0.29, 0.717) is 28.0 Å². The highest BCUT2D eigenvalue weighted by Gasteiger charge is 2.25. The molecule has 1 aromatic heterocycles.